The van der Waals surface area contributed by atoms with Gasteiger partial charge < -0.3 is 10.1 Å². The Morgan fingerprint density at radius 1 is 0.909 bits per heavy atom. The molecule has 2 N–H and O–H groups in total. The highest BCUT2D eigenvalue weighted by Gasteiger charge is 2.18. The molecule has 0 saturated heterocycles. The zero-order valence-electron chi connectivity index (χ0n) is 17.6. The summed E-state index contributed by atoms with van der Waals surface area (Å²) in [5, 5.41) is 2.64. The fraction of sp³-hybridized carbons (Fsp3) is 0.130. The monoisotopic (exact) mass is 474 g/mol. The molecule has 1 atom stereocenters. The third-order valence-electron chi connectivity index (χ3n) is 4.53. The molecule has 0 aliphatic rings. The molecule has 0 fully saturated rings. The highest BCUT2D eigenvalue weighted by atomic mass is 32.2. The number of hydrogen-bond donors (Lipinski definition) is 2. The molecule has 0 aliphatic carbocycles. The first-order valence-corrected chi connectivity index (χ1v) is 11.2. The standard InChI is InChI=1S/C23H20F2N2O5S/c1-14(28)16-4-3-5-19(12-16)32-15(2)23(29)26-17-6-8-18(9-7-17)27-33(30,31)20-10-11-21(24)22(25)13-20/h3-13,15,27H,1-2H3,(H,26,29). The van der Waals surface area contributed by atoms with Crippen molar-refractivity contribution in [2.24, 2.45) is 0 Å². The predicted octanol–water partition coefficient (Wildman–Crippen LogP) is 4.37. The molecule has 10 heteroatoms. The Labute approximate surface area is 189 Å². The molecule has 0 aliphatic heterocycles. The smallest absolute Gasteiger partial charge is 0.265 e. The van der Waals surface area contributed by atoms with Crippen molar-refractivity contribution in [1.29, 1.82) is 0 Å². The number of ketones is 1. The maximum absolute atomic E-state index is 13.3. The SMILES string of the molecule is CC(=O)c1cccc(OC(C)C(=O)Nc2ccc(NS(=O)(=O)c3ccc(F)c(F)c3)cc2)c1. The van der Waals surface area contributed by atoms with Crippen LogP contribution in [0, 0.1) is 11.6 Å². The number of sulfonamides is 1. The minimum Gasteiger partial charge on any atom is -0.481 e. The van der Waals surface area contributed by atoms with E-state index in [9.17, 15) is 26.8 Å². The first-order chi connectivity index (χ1) is 15.5. The Morgan fingerprint density at radius 2 is 1.58 bits per heavy atom. The van der Waals surface area contributed by atoms with E-state index in [4.69, 9.17) is 4.74 Å². The van der Waals surface area contributed by atoms with Crippen molar-refractivity contribution in [3.63, 3.8) is 0 Å². The molecule has 0 saturated carbocycles. The molecule has 3 aromatic rings. The Morgan fingerprint density at radius 3 is 2.21 bits per heavy atom. The topological polar surface area (TPSA) is 102 Å². The number of hydrogen-bond acceptors (Lipinski definition) is 5. The average Bonchev–Trinajstić information content (AvgIpc) is 2.76. The Bertz CT molecular complexity index is 1290. The second kappa shape index (κ2) is 9.78. The fourth-order valence-corrected chi connectivity index (χ4v) is 3.84. The van der Waals surface area contributed by atoms with Crippen LogP contribution in [-0.4, -0.2) is 26.2 Å². The van der Waals surface area contributed by atoms with E-state index in [1.54, 1.807) is 31.2 Å². The van der Waals surface area contributed by atoms with Crippen molar-refractivity contribution < 1.29 is 31.5 Å². The number of ether oxygens (including phenoxy) is 1. The molecule has 0 aromatic heterocycles. The van der Waals surface area contributed by atoms with Gasteiger partial charge in [-0.2, -0.15) is 0 Å². The lowest BCUT2D eigenvalue weighted by atomic mass is 10.1. The summed E-state index contributed by atoms with van der Waals surface area (Å²) in [5.41, 5.74) is 0.994. The highest BCUT2D eigenvalue weighted by molar-refractivity contribution is 7.92. The second-order valence-electron chi connectivity index (χ2n) is 7.09. The molecule has 3 aromatic carbocycles. The van der Waals surface area contributed by atoms with Gasteiger partial charge in [-0.15, -0.1) is 0 Å². The largest absolute Gasteiger partial charge is 0.481 e. The number of rotatable bonds is 8. The van der Waals surface area contributed by atoms with Crippen molar-refractivity contribution in [1.82, 2.24) is 0 Å². The van der Waals surface area contributed by atoms with Crippen LogP contribution in [-0.2, 0) is 14.8 Å². The van der Waals surface area contributed by atoms with Gasteiger partial charge in [-0.25, -0.2) is 17.2 Å². The number of carbonyl (C=O) groups is 2. The second-order valence-corrected chi connectivity index (χ2v) is 8.77. The highest BCUT2D eigenvalue weighted by Crippen LogP contribution is 2.21. The lowest BCUT2D eigenvalue weighted by Crippen LogP contribution is -2.30. The summed E-state index contributed by atoms with van der Waals surface area (Å²) in [4.78, 5) is 23.5. The fourth-order valence-electron chi connectivity index (χ4n) is 2.77. The van der Waals surface area contributed by atoms with Crippen LogP contribution >= 0.6 is 0 Å². The summed E-state index contributed by atoms with van der Waals surface area (Å²) in [6.07, 6.45) is -0.876. The van der Waals surface area contributed by atoms with Crippen LogP contribution in [0.4, 0.5) is 20.2 Å². The van der Waals surface area contributed by atoms with E-state index in [0.717, 1.165) is 12.1 Å². The van der Waals surface area contributed by atoms with Crippen molar-refractivity contribution in [2.75, 3.05) is 10.0 Å². The predicted molar refractivity (Wildman–Crippen MR) is 119 cm³/mol. The molecule has 1 unspecified atom stereocenters. The number of carbonyl (C=O) groups excluding carboxylic acids is 2. The summed E-state index contributed by atoms with van der Waals surface area (Å²) >= 11 is 0. The van der Waals surface area contributed by atoms with Crippen LogP contribution < -0.4 is 14.8 Å². The zero-order chi connectivity index (χ0) is 24.2. The molecule has 1 amide bonds. The zero-order valence-corrected chi connectivity index (χ0v) is 18.5. The van der Waals surface area contributed by atoms with Gasteiger partial charge >= 0.3 is 0 Å². The number of Topliss-reactive ketones (excluding diaryl/α,β-unsaturated/α-hetero) is 1. The number of nitrogens with one attached hydrogen (secondary N) is 2. The lowest BCUT2D eigenvalue weighted by molar-refractivity contribution is -0.122. The maximum atomic E-state index is 13.3. The first kappa shape index (κ1) is 23.9. The third-order valence-corrected chi connectivity index (χ3v) is 5.91. The minimum absolute atomic E-state index is 0.127. The van der Waals surface area contributed by atoms with Crippen LogP contribution in [0.2, 0.25) is 0 Å². The summed E-state index contributed by atoms with van der Waals surface area (Å²) < 4.78 is 58.9. The summed E-state index contributed by atoms with van der Waals surface area (Å²) in [7, 11) is -4.13. The van der Waals surface area contributed by atoms with Crippen molar-refractivity contribution >= 4 is 33.1 Å². The van der Waals surface area contributed by atoms with E-state index < -0.39 is 38.6 Å². The van der Waals surface area contributed by atoms with E-state index >= 15 is 0 Å². The van der Waals surface area contributed by atoms with Crippen LogP contribution in [0.1, 0.15) is 24.2 Å². The number of anilines is 2. The molecule has 0 heterocycles. The molecule has 0 radical (unpaired) electrons. The molecule has 3 rings (SSSR count). The quantitative estimate of drug-likeness (QED) is 0.472. The Kier molecular flexibility index (Phi) is 7.07. The van der Waals surface area contributed by atoms with E-state index in [1.807, 2.05) is 0 Å². The van der Waals surface area contributed by atoms with E-state index in [1.165, 1.54) is 31.2 Å². The first-order valence-electron chi connectivity index (χ1n) is 9.71. The van der Waals surface area contributed by atoms with E-state index in [2.05, 4.69) is 10.0 Å². The third kappa shape index (κ3) is 6.13. The van der Waals surface area contributed by atoms with Gasteiger partial charge in [0, 0.05) is 16.9 Å². The van der Waals surface area contributed by atoms with Crippen molar-refractivity contribution in [3.8, 4) is 5.75 Å². The number of halogens is 2. The van der Waals surface area contributed by atoms with Crippen molar-refractivity contribution in [2.45, 2.75) is 24.8 Å². The number of amides is 1. The van der Waals surface area contributed by atoms with Gasteiger partial charge in [0.25, 0.3) is 15.9 Å². The lowest BCUT2D eigenvalue weighted by Gasteiger charge is -2.15. The summed E-state index contributed by atoms with van der Waals surface area (Å²) in [6.45, 7) is 2.97. The summed E-state index contributed by atoms with van der Waals surface area (Å²) in [6, 6.07) is 14.4. The van der Waals surface area contributed by atoms with Gasteiger partial charge in [-0.05, 0) is 68.4 Å². The van der Waals surface area contributed by atoms with Gasteiger partial charge in [0.15, 0.2) is 23.5 Å². The van der Waals surface area contributed by atoms with Crippen molar-refractivity contribution in [3.05, 3.63) is 83.9 Å². The van der Waals surface area contributed by atoms with E-state index in [-0.39, 0.29) is 11.5 Å². The van der Waals surface area contributed by atoms with Gasteiger partial charge in [0.2, 0.25) is 0 Å². The minimum atomic E-state index is -4.13. The Balaban J connectivity index is 1.62. The molecule has 172 valence electrons. The van der Waals surface area contributed by atoms with E-state index in [0.29, 0.717) is 23.1 Å². The van der Waals surface area contributed by atoms with Gasteiger partial charge in [-0.1, -0.05) is 12.1 Å². The number of benzene rings is 3. The van der Waals surface area contributed by atoms with Crippen LogP contribution in [0.5, 0.6) is 5.75 Å². The molecule has 33 heavy (non-hydrogen) atoms. The van der Waals surface area contributed by atoms with Gasteiger partial charge in [0.05, 0.1) is 4.90 Å². The molecule has 0 bridgehead atoms. The molecular weight excluding hydrogens is 454 g/mol. The van der Waals surface area contributed by atoms with Crippen LogP contribution in [0.3, 0.4) is 0 Å². The molecule has 7 nitrogen and oxygen atoms in total. The molecule has 0 spiro atoms. The van der Waals surface area contributed by atoms with Gasteiger partial charge in [-0.3, -0.25) is 14.3 Å². The van der Waals surface area contributed by atoms with Crippen LogP contribution in [0.15, 0.2) is 71.6 Å². The van der Waals surface area contributed by atoms with Crippen LogP contribution in [0.25, 0.3) is 0 Å². The Hall–Kier alpha value is -3.79. The maximum Gasteiger partial charge on any atom is 0.265 e. The van der Waals surface area contributed by atoms with Gasteiger partial charge in [0.1, 0.15) is 5.75 Å². The normalized spacial score (nSPS) is 12.0. The summed E-state index contributed by atoms with van der Waals surface area (Å²) in [5.74, 6) is -2.65. The average molecular weight is 474 g/mol. The molecular formula is C23H20F2N2O5S.